The van der Waals surface area contributed by atoms with E-state index < -0.39 is 0 Å². The Balaban J connectivity index is 1.99. The van der Waals surface area contributed by atoms with Crippen molar-refractivity contribution in [2.45, 2.75) is 39.0 Å². The zero-order chi connectivity index (χ0) is 14.8. The molecule has 1 unspecified atom stereocenters. The first-order chi connectivity index (χ1) is 10.2. The van der Waals surface area contributed by atoms with Crippen molar-refractivity contribution >= 4 is 28.4 Å². The zero-order valence-corrected chi connectivity index (χ0v) is 14.6. The van der Waals surface area contributed by atoms with Crippen LogP contribution in [0.4, 0.5) is 5.82 Å². The SMILES string of the molecule is CCCc1nc(C2Cc3ccccc32)nc(NCC)c1I. The molecule has 2 aromatic rings. The maximum atomic E-state index is 4.87. The number of hydrogen-bond acceptors (Lipinski definition) is 3. The molecule has 21 heavy (non-hydrogen) atoms. The Bertz CT molecular complexity index is 627. The van der Waals surface area contributed by atoms with Crippen LogP contribution in [-0.2, 0) is 12.8 Å². The monoisotopic (exact) mass is 393 g/mol. The van der Waals surface area contributed by atoms with Crippen molar-refractivity contribution in [3.05, 3.63) is 50.5 Å². The van der Waals surface area contributed by atoms with E-state index in [4.69, 9.17) is 9.97 Å². The lowest BCUT2D eigenvalue weighted by molar-refractivity contribution is 0.650. The number of rotatable bonds is 5. The van der Waals surface area contributed by atoms with Gasteiger partial charge in [-0.15, -0.1) is 0 Å². The predicted molar refractivity (Wildman–Crippen MR) is 94.9 cm³/mol. The molecule has 1 heterocycles. The molecule has 1 N–H and O–H groups in total. The topological polar surface area (TPSA) is 37.8 Å². The van der Waals surface area contributed by atoms with E-state index in [1.165, 1.54) is 20.4 Å². The number of halogens is 1. The Labute approximate surface area is 139 Å². The van der Waals surface area contributed by atoms with E-state index in [1.54, 1.807) is 0 Å². The van der Waals surface area contributed by atoms with Crippen LogP contribution in [0.2, 0.25) is 0 Å². The van der Waals surface area contributed by atoms with Gasteiger partial charge in [0.2, 0.25) is 0 Å². The van der Waals surface area contributed by atoms with Gasteiger partial charge in [-0.05, 0) is 53.5 Å². The van der Waals surface area contributed by atoms with Crippen LogP contribution in [0.25, 0.3) is 0 Å². The average molecular weight is 393 g/mol. The Morgan fingerprint density at radius 3 is 2.76 bits per heavy atom. The molecular formula is C17H20IN3. The highest BCUT2D eigenvalue weighted by molar-refractivity contribution is 14.1. The highest BCUT2D eigenvalue weighted by atomic mass is 127. The van der Waals surface area contributed by atoms with Gasteiger partial charge in [0, 0.05) is 12.5 Å². The smallest absolute Gasteiger partial charge is 0.143 e. The fourth-order valence-corrected chi connectivity index (χ4v) is 3.55. The number of aryl methyl sites for hydroxylation is 1. The van der Waals surface area contributed by atoms with E-state index in [0.717, 1.165) is 37.4 Å². The number of aromatic nitrogens is 2. The van der Waals surface area contributed by atoms with E-state index >= 15 is 0 Å². The number of hydrogen-bond donors (Lipinski definition) is 1. The molecule has 0 radical (unpaired) electrons. The fraction of sp³-hybridized carbons (Fsp3) is 0.412. The van der Waals surface area contributed by atoms with E-state index in [2.05, 4.69) is 66.0 Å². The van der Waals surface area contributed by atoms with E-state index in [9.17, 15) is 0 Å². The molecule has 0 spiro atoms. The van der Waals surface area contributed by atoms with Crippen molar-refractivity contribution in [3.8, 4) is 0 Å². The highest BCUT2D eigenvalue weighted by Crippen LogP contribution is 2.39. The van der Waals surface area contributed by atoms with Crippen LogP contribution in [0.15, 0.2) is 24.3 Å². The third kappa shape index (κ3) is 2.78. The summed E-state index contributed by atoms with van der Waals surface area (Å²) in [5.41, 5.74) is 4.01. The summed E-state index contributed by atoms with van der Waals surface area (Å²) in [6.45, 7) is 5.19. The van der Waals surface area contributed by atoms with Gasteiger partial charge in [0.1, 0.15) is 11.6 Å². The Hall–Kier alpha value is -1.17. The third-order valence-electron chi connectivity index (χ3n) is 3.93. The Morgan fingerprint density at radius 1 is 1.24 bits per heavy atom. The average Bonchev–Trinajstić information content (AvgIpc) is 2.45. The lowest BCUT2D eigenvalue weighted by atomic mass is 9.77. The van der Waals surface area contributed by atoms with Crippen molar-refractivity contribution in [1.82, 2.24) is 9.97 Å². The molecular weight excluding hydrogens is 373 g/mol. The number of nitrogens with zero attached hydrogens (tertiary/aromatic N) is 2. The summed E-state index contributed by atoms with van der Waals surface area (Å²) in [7, 11) is 0. The fourth-order valence-electron chi connectivity index (χ4n) is 2.84. The molecule has 0 saturated heterocycles. The van der Waals surface area contributed by atoms with E-state index in [-0.39, 0.29) is 0 Å². The number of fused-ring (bicyclic) bond motifs is 1. The van der Waals surface area contributed by atoms with Gasteiger partial charge >= 0.3 is 0 Å². The molecule has 0 aliphatic heterocycles. The van der Waals surface area contributed by atoms with Gasteiger partial charge in [0.25, 0.3) is 0 Å². The summed E-state index contributed by atoms with van der Waals surface area (Å²) in [6.07, 6.45) is 3.19. The molecule has 0 saturated carbocycles. The van der Waals surface area contributed by atoms with Gasteiger partial charge in [-0.2, -0.15) is 0 Å². The van der Waals surface area contributed by atoms with Gasteiger partial charge in [-0.3, -0.25) is 0 Å². The molecule has 1 aliphatic carbocycles. The van der Waals surface area contributed by atoms with Crippen LogP contribution in [0, 0.1) is 3.57 Å². The molecule has 1 aliphatic rings. The molecule has 3 rings (SSSR count). The van der Waals surface area contributed by atoms with Crippen molar-refractivity contribution in [2.75, 3.05) is 11.9 Å². The largest absolute Gasteiger partial charge is 0.369 e. The van der Waals surface area contributed by atoms with Crippen LogP contribution in [0.1, 0.15) is 48.8 Å². The molecule has 1 atom stereocenters. The first-order valence-electron chi connectivity index (χ1n) is 7.62. The first kappa shape index (κ1) is 14.8. The van der Waals surface area contributed by atoms with Gasteiger partial charge in [-0.25, -0.2) is 9.97 Å². The quantitative estimate of drug-likeness (QED) is 0.776. The molecule has 1 aromatic carbocycles. The molecule has 1 aromatic heterocycles. The summed E-state index contributed by atoms with van der Waals surface area (Å²) >= 11 is 2.37. The normalized spacial score (nSPS) is 16.2. The summed E-state index contributed by atoms with van der Waals surface area (Å²) in [5.74, 6) is 2.34. The Kier molecular flexibility index (Phi) is 4.42. The lowest BCUT2D eigenvalue weighted by Crippen LogP contribution is -2.22. The van der Waals surface area contributed by atoms with Crippen molar-refractivity contribution in [3.63, 3.8) is 0 Å². The molecule has 0 amide bonds. The number of benzene rings is 1. The van der Waals surface area contributed by atoms with Gasteiger partial charge in [0.05, 0.1) is 9.26 Å². The van der Waals surface area contributed by atoms with Gasteiger partial charge in [0.15, 0.2) is 0 Å². The Morgan fingerprint density at radius 2 is 2.05 bits per heavy atom. The summed E-state index contributed by atoms with van der Waals surface area (Å²) in [6, 6.07) is 8.63. The van der Waals surface area contributed by atoms with E-state index in [1.807, 2.05) is 0 Å². The van der Waals surface area contributed by atoms with Crippen LogP contribution in [0.5, 0.6) is 0 Å². The zero-order valence-electron chi connectivity index (χ0n) is 12.5. The minimum absolute atomic E-state index is 0.367. The van der Waals surface area contributed by atoms with Gasteiger partial charge < -0.3 is 5.32 Å². The molecule has 0 fully saturated rings. The summed E-state index contributed by atoms with van der Waals surface area (Å²) in [4.78, 5) is 9.66. The van der Waals surface area contributed by atoms with Crippen molar-refractivity contribution in [1.29, 1.82) is 0 Å². The molecule has 0 bridgehead atoms. The second-order valence-corrected chi connectivity index (χ2v) is 6.51. The minimum Gasteiger partial charge on any atom is -0.369 e. The van der Waals surface area contributed by atoms with Crippen LogP contribution >= 0.6 is 22.6 Å². The summed E-state index contributed by atoms with van der Waals surface area (Å²) < 4.78 is 1.17. The lowest BCUT2D eigenvalue weighted by Gasteiger charge is -2.29. The standard InChI is InChI=1S/C17H20IN3/c1-3-7-14-15(18)17(19-4-2)21-16(20-14)13-10-11-8-5-6-9-12(11)13/h5-6,8-9,13H,3-4,7,10H2,1-2H3,(H,19,20,21). The predicted octanol–water partition coefficient (Wildman–Crippen LogP) is 4.15. The van der Waals surface area contributed by atoms with Crippen molar-refractivity contribution in [2.24, 2.45) is 0 Å². The maximum absolute atomic E-state index is 4.87. The maximum Gasteiger partial charge on any atom is 0.143 e. The number of nitrogens with one attached hydrogen (secondary N) is 1. The van der Waals surface area contributed by atoms with Crippen LogP contribution in [-0.4, -0.2) is 16.5 Å². The molecule has 3 nitrogen and oxygen atoms in total. The van der Waals surface area contributed by atoms with E-state index in [0.29, 0.717) is 5.92 Å². The second-order valence-electron chi connectivity index (χ2n) is 5.43. The summed E-state index contributed by atoms with van der Waals surface area (Å²) in [5, 5.41) is 3.38. The third-order valence-corrected chi connectivity index (χ3v) is 5.07. The molecule has 110 valence electrons. The van der Waals surface area contributed by atoms with Crippen molar-refractivity contribution < 1.29 is 0 Å². The minimum atomic E-state index is 0.367. The number of anilines is 1. The first-order valence-corrected chi connectivity index (χ1v) is 8.70. The second kappa shape index (κ2) is 6.30. The highest BCUT2D eigenvalue weighted by Gasteiger charge is 2.30. The van der Waals surface area contributed by atoms with Gasteiger partial charge in [-0.1, -0.05) is 37.6 Å². The van der Waals surface area contributed by atoms with Crippen LogP contribution < -0.4 is 5.32 Å². The molecule has 4 heteroatoms. The van der Waals surface area contributed by atoms with Crippen LogP contribution in [0.3, 0.4) is 0 Å².